The summed E-state index contributed by atoms with van der Waals surface area (Å²) in [6, 6.07) is 38.3. The zero-order valence-electron chi connectivity index (χ0n) is 26.4. The predicted molar refractivity (Wildman–Crippen MR) is 211 cm³/mol. The van der Waals surface area contributed by atoms with Gasteiger partial charge in [0.1, 0.15) is 0 Å². The Morgan fingerprint density at radius 2 is 1.19 bits per heavy atom. The predicted octanol–water partition coefficient (Wildman–Crippen LogP) is 12.0. The molecule has 6 aromatic rings. The van der Waals surface area contributed by atoms with E-state index in [1.54, 1.807) is 0 Å². The molecule has 5 heteroatoms. The summed E-state index contributed by atoms with van der Waals surface area (Å²) in [7, 11) is -2.32. The first-order chi connectivity index (χ1) is 23.1. The minimum absolute atomic E-state index is 1.11. The van der Waals surface area contributed by atoms with Crippen molar-refractivity contribution < 1.29 is 17.9 Å². The Kier molecular flexibility index (Phi) is 10.0. The molecule has 47 heavy (non-hydrogen) atoms. The van der Waals surface area contributed by atoms with Crippen LogP contribution in [-0.4, -0.2) is 0 Å². The third-order valence-corrected chi connectivity index (χ3v) is 17.8. The van der Waals surface area contributed by atoms with Crippen LogP contribution in [0.5, 0.6) is 0 Å². The molecular formula is C42H35OsPS3+. The zero-order chi connectivity index (χ0) is 32.2. The van der Waals surface area contributed by atoms with Gasteiger partial charge in [-0.3, -0.25) is 0 Å². The average molecular weight is 857 g/mol. The number of allylic oxidation sites excluding steroid dienone is 8. The fourth-order valence-electron chi connectivity index (χ4n) is 6.63. The number of thiophene rings is 3. The molecule has 0 bridgehead atoms. The molecule has 0 unspecified atom stereocenters. The van der Waals surface area contributed by atoms with Gasteiger partial charge in [-0.2, -0.15) is 0 Å². The number of hydrogen-bond donors (Lipinski definition) is 0. The zero-order valence-corrected chi connectivity index (χ0v) is 32.3. The van der Waals surface area contributed by atoms with Gasteiger partial charge in [-0.15, -0.1) is 0 Å². The molecule has 0 spiro atoms. The van der Waals surface area contributed by atoms with E-state index in [0.717, 1.165) is 12.8 Å². The summed E-state index contributed by atoms with van der Waals surface area (Å²) in [4.78, 5) is 2.63. The van der Waals surface area contributed by atoms with E-state index in [1.165, 1.54) is 72.9 Å². The van der Waals surface area contributed by atoms with Gasteiger partial charge >= 0.3 is 290 Å². The van der Waals surface area contributed by atoms with Crippen LogP contribution in [-0.2, 0) is 17.9 Å². The molecule has 3 heterocycles. The summed E-state index contributed by atoms with van der Waals surface area (Å²) in [5.41, 5.74) is 4.19. The van der Waals surface area contributed by atoms with Crippen molar-refractivity contribution in [3.05, 3.63) is 159 Å². The van der Waals surface area contributed by atoms with Crippen molar-refractivity contribution >= 4 is 88.1 Å². The first kappa shape index (κ1) is 32.4. The Bertz CT molecular complexity index is 2140. The van der Waals surface area contributed by atoms with Gasteiger partial charge in [0.25, 0.3) is 0 Å². The topological polar surface area (TPSA) is 0 Å². The van der Waals surface area contributed by atoms with Gasteiger partial charge in [0.05, 0.1) is 0 Å². The van der Waals surface area contributed by atoms with Crippen LogP contribution in [0.3, 0.4) is 0 Å². The van der Waals surface area contributed by atoms with E-state index in [4.69, 9.17) is 0 Å². The first-order valence-electron chi connectivity index (χ1n) is 15.9. The van der Waals surface area contributed by atoms with E-state index in [-0.39, 0.29) is 0 Å². The van der Waals surface area contributed by atoms with Crippen LogP contribution in [0.25, 0.3) is 31.0 Å². The Morgan fingerprint density at radius 3 is 1.68 bits per heavy atom. The van der Waals surface area contributed by atoms with E-state index < -0.39 is 7.26 Å². The Hall–Kier alpha value is -3.17. The van der Waals surface area contributed by atoms with E-state index >= 15 is 0 Å². The quantitative estimate of drug-likeness (QED) is 0.106. The summed E-state index contributed by atoms with van der Waals surface area (Å²) in [6.07, 6.45) is 17.4. The monoisotopic (exact) mass is 858 g/mol. The molecule has 0 aliphatic heterocycles. The van der Waals surface area contributed by atoms with E-state index in [9.17, 15) is 0 Å². The molecule has 0 saturated heterocycles. The summed E-state index contributed by atoms with van der Waals surface area (Å²) >= 11 is 7.60. The molecule has 7 rings (SSSR count). The van der Waals surface area contributed by atoms with Gasteiger partial charge in [-0.05, 0) is 6.92 Å². The normalized spacial score (nSPS) is 16.3. The summed E-state index contributed by atoms with van der Waals surface area (Å²) in [5.74, 6) is 0. The molecule has 0 atom stereocenters. The second-order valence-corrected chi connectivity index (χ2v) is 18.8. The van der Waals surface area contributed by atoms with E-state index in [0.29, 0.717) is 0 Å². The van der Waals surface area contributed by atoms with Crippen LogP contribution in [0.2, 0.25) is 0 Å². The molecule has 1 fully saturated rings. The van der Waals surface area contributed by atoms with Crippen molar-refractivity contribution in [2.75, 3.05) is 0 Å². The van der Waals surface area contributed by atoms with Crippen molar-refractivity contribution in [1.29, 1.82) is 0 Å². The van der Waals surface area contributed by atoms with Crippen LogP contribution in [0, 0.1) is 4.37 Å². The number of fused-ring (bicyclic) bond motifs is 3. The molecule has 1 saturated carbocycles. The standard InChI is InChI=1S/C42H35PS3.Os/c1-4-16-37-28-39-41(44-37)42-40(46-39)29-38(45-42)26-25-32(27-33-18-15-17-31(33)5-2)30(3)43(34-19-9-6-10-20-34,35-21-11-7-12-22-35)36-23-13-8-14-24-36;/h4-14,16,19-29H,15,17-18H2,1-2H3;/q+1;/b16-4+,26-25+,31-5?,32-30?,33-27?;. The molecule has 1 aliphatic carbocycles. The van der Waals surface area contributed by atoms with Gasteiger partial charge in [0.2, 0.25) is 0 Å². The number of rotatable bonds is 8. The van der Waals surface area contributed by atoms with Crippen LogP contribution < -0.4 is 15.9 Å². The summed E-state index contributed by atoms with van der Waals surface area (Å²) < 4.78 is 9.50. The average Bonchev–Trinajstić information content (AvgIpc) is 3.89. The first-order valence-corrected chi connectivity index (χ1v) is 21.5. The SMILES string of the molecule is CC=C1CCCC1=CC(/C=C/c1cc2sc3cc(/C=C/C)sc3c2s1)=C([C]#[Os])[P+](c1ccccc1)(c1ccccc1)c1ccccc1. The molecule has 233 valence electrons. The van der Waals surface area contributed by atoms with Gasteiger partial charge < -0.3 is 0 Å². The fraction of sp³-hybridized carbons (Fsp3) is 0.119. The maximum atomic E-state index is 3.88. The third kappa shape index (κ3) is 6.26. The number of hydrogen-bond acceptors (Lipinski definition) is 3. The molecule has 0 radical (unpaired) electrons. The van der Waals surface area contributed by atoms with Gasteiger partial charge in [-0.1, -0.05) is 6.08 Å². The number of benzene rings is 3. The molecular weight excluding hydrogens is 822 g/mol. The van der Waals surface area contributed by atoms with Crippen LogP contribution in [0.1, 0.15) is 42.9 Å². The molecule has 0 amide bonds. The second-order valence-electron chi connectivity index (χ2n) is 11.5. The van der Waals surface area contributed by atoms with Gasteiger partial charge in [-0.25, -0.2) is 0 Å². The summed E-state index contributed by atoms with van der Waals surface area (Å²) in [5, 5.41) is 5.34. The molecule has 3 aromatic carbocycles. The van der Waals surface area contributed by atoms with Crippen molar-refractivity contribution in [3.63, 3.8) is 0 Å². The van der Waals surface area contributed by atoms with E-state index in [2.05, 4.69) is 158 Å². The van der Waals surface area contributed by atoms with Gasteiger partial charge in [0, 0.05) is 0 Å². The van der Waals surface area contributed by atoms with Crippen molar-refractivity contribution in [2.24, 2.45) is 0 Å². The van der Waals surface area contributed by atoms with Crippen LogP contribution >= 0.6 is 41.3 Å². The molecule has 0 N–H and O–H groups in total. The Balaban J connectivity index is 1.49. The Labute approximate surface area is 300 Å². The van der Waals surface area contributed by atoms with E-state index in [1.807, 2.05) is 52.0 Å². The Morgan fingerprint density at radius 1 is 0.681 bits per heavy atom. The van der Waals surface area contributed by atoms with Crippen molar-refractivity contribution in [1.82, 2.24) is 0 Å². The molecule has 3 aromatic heterocycles. The summed E-state index contributed by atoms with van der Waals surface area (Å²) in [6.45, 7) is 4.28. The van der Waals surface area contributed by atoms with Gasteiger partial charge in [0.15, 0.2) is 0 Å². The van der Waals surface area contributed by atoms with Crippen molar-refractivity contribution in [2.45, 2.75) is 33.1 Å². The minimum atomic E-state index is -2.32. The second kappa shape index (κ2) is 14.5. The van der Waals surface area contributed by atoms with Crippen LogP contribution in [0.4, 0.5) is 0 Å². The molecule has 1 aliphatic rings. The fourth-order valence-corrected chi connectivity index (χ4v) is 16.4. The molecule has 0 nitrogen and oxygen atoms in total. The third-order valence-electron chi connectivity index (χ3n) is 8.72. The van der Waals surface area contributed by atoms with Crippen molar-refractivity contribution in [3.8, 4) is 4.37 Å². The van der Waals surface area contributed by atoms with Crippen LogP contribution in [0.15, 0.2) is 149 Å². The maximum absolute atomic E-state index is 3.88.